The van der Waals surface area contributed by atoms with Crippen LogP contribution >= 0.6 is 0 Å². The third-order valence-electron chi connectivity index (χ3n) is 5.87. The third-order valence-corrected chi connectivity index (χ3v) is 5.87. The van der Waals surface area contributed by atoms with Gasteiger partial charge in [0.2, 0.25) is 0 Å². The van der Waals surface area contributed by atoms with Crippen LogP contribution in [0.15, 0.2) is 60.7 Å². The van der Waals surface area contributed by atoms with Crippen LogP contribution < -0.4 is 0 Å². The SMILES string of the molecule is Cc1ccc2c(c1)nc1n2-c2c(C(C)C)cccc2C(C)c2cccc-1c2. The molecule has 0 N–H and O–H groups in total. The van der Waals surface area contributed by atoms with Gasteiger partial charge in [-0.15, -0.1) is 0 Å². The van der Waals surface area contributed by atoms with Crippen molar-refractivity contribution in [2.24, 2.45) is 0 Å². The van der Waals surface area contributed by atoms with Crippen LogP contribution in [0.5, 0.6) is 0 Å². The van der Waals surface area contributed by atoms with Crippen LogP contribution in [0, 0.1) is 6.92 Å². The fraction of sp³-hybridized carbons (Fsp3) is 0.240. The number of aryl methyl sites for hydroxylation is 1. The van der Waals surface area contributed by atoms with Crippen molar-refractivity contribution in [3.63, 3.8) is 0 Å². The largest absolute Gasteiger partial charge is 0.292 e. The van der Waals surface area contributed by atoms with Crippen molar-refractivity contribution in [3.8, 4) is 17.1 Å². The molecular formula is C25H24N2. The zero-order chi connectivity index (χ0) is 18.7. The zero-order valence-corrected chi connectivity index (χ0v) is 16.3. The molecule has 5 rings (SSSR count). The predicted octanol–water partition coefficient (Wildman–Crippen LogP) is 6.59. The van der Waals surface area contributed by atoms with Gasteiger partial charge in [0.05, 0.1) is 16.7 Å². The minimum absolute atomic E-state index is 0.342. The number of rotatable bonds is 1. The Bertz CT molecular complexity index is 1180. The Labute approximate surface area is 160 Å². The first-order chi connectivity index (χ1) is 13.0. The lowest BCUT2D eigenvalue weighted by atomic mass is 9.86. The summed E-state index contributed by atoms with van der Waals surface area (Å²) in [5.41, 5.74) is 10.1. The maximum absolute atomic E-state index is 5.08. The molecule has 1 aliphatic rings. The summed E-state index contributed by atoms with van der Waals surface area (Å²) in [6, 6.07) is 22.3. The van der Waals surface area contributed by atoms with Crippen LogP contribution in [0.3, 0.4) is 0 Å². The van der Waals surface area contributed by atoms with Gasteiger partial charge in [-0.3, -0.25) is 4.57 Å². The van der Waals surface area contributed by atoms with Crippen LogP contribution in [-0.2, 0) is 0 Å². The first-order valence-corrected chi connectivity index (χ1v) is 9.77. The average Bonchev–Trinajstić information content (AvgIpc) is 3.04. The lowest BCUT2D eigenvalue weighted by Gasteiger charge is -2.26. The number of fused-ring (bicyclic) bond motifs is 8. The second-order valence-electron chi connectivity index (χ2n) is 8.05. The van der Waals surface area contributed by atoms with Gasteiger partial charge in [-0.25, -0.2) is 4.98 Å². The maximum atomic E-state index is 5.08. The molecule has 0 fully saturated rings. The lowest BCUT2D eigenvalue weighted by Crippen LogP contribution is -2.12. The van der Waals surface area contributed by atoms with Crippen molar-refractivity contribution in [1.82, 2.24) is 9.55 Å². The number of hydrogen-bond donors (Lipinski definition) is 0. The van der Waals surface area contributed by atoms with Gasteiger partial charge in [0, 0.05) is 11.5 Å². The van der Waals surface area contributed by atoms with E-state index in [0.29, 0.717) is 11.8 Å². The maximum Gasteiger partial charge on any atom is 0.145 e. The highest BCUT2D eigenvalue weighted by molar-refractivity contribution is 5.85. The fourth-order valence-corrected chi connectivity index (χ4v) is 4.39. The van der Waals surface area contributed by atoms with Crippen molar-refractivity contribution in [2.75, 3.05) is 0 Å². The van der Waals surface area contributed by atoms with E-state index >= 15 is 0 Å². The Morgan fingerprint density at radius 1 is 0.963 bits per heavy atom. The summed E-state index contributed by atoms with van der Waals surface area (Å²) in [7, 11) is 0. The van der Waals surface area contributed by atoms with Gasteiger partial charge in [0.1, 0.15) is 5.82 Å². The van der Waals surface area contributed by atoms with E-state index in [1.807, 2.05) is 0 Å². The van der Waals surface area contributed by atoms with E-state index in [2.05, 4.69) is 92.9 Å². The molecule has 2 bridgehead atoms. The highest BCUT2D eigenvalue weighted by Gasteiger charge is 2.25. The monoisotopic (exact) mass is 352 g/mol. The molecule has 0 saturated carbocycles. The van der Waals surface area contributed by atoms with Gasteiger partial charge < -0.3 is 0 Å². The first-order valence-electron chi connectivity index (χ1n) is 9.77. The third kappa shape index (κ3) is 2.36. The minimum atomic E-state index is 0.342. The standard InChI is InChI=1S/C25H24N2/c1-15(2)20-9-6-10-21-17(4)18-7-5-8-19(14-18)25-26-22-13-16(3)11-12-23(22)27(25)24(20)21/h5-15,17H,1-4H3. The molecule has 0 saturated heterocycles. The molecule has 1 aromatic heterocycles. The van der Waals surface area contributed by atoms with Crippen molar-refractivity contribution >= 4 is 11.0 Å². The number of hydrogen-bond acceptors (Lipinski definition) is 1. The molecule has 0 spiro atoms. The van der Waals surface area contributed by atoms with Crippen LogP contribution in [-0.4, -0.2) is 9.55 Å². The summed E-state index contributed by atoms with van der Waals surface area (Å²) in [5, 5.41) is 0. The average molecular weight is 352 g/mol. The highest BCUT2D eigenvalue weighted by Crippen LogP contribution is 2.41. The van der Waals surface area contributed by atoms with Gasteiger partial charge in [0.25, 0.3) is 0 Å². The topological polar surface area (TPSA) is 17.8 Å². The van der Waals surface area contributed by atoms with Crippen LogP contribution in [0.4, 0.5) is 0 Å². The van der Waals surface area contributed by atoms with E-state index in [9.17, 15) is 0 Å². The van der Waals surface area contributed by atoms with E-state index < -0.39 is 0 Å². The smallest absolute Gasteiger partial charge is 0.145 e. The quantitative estimate of drug-likeness (QED) is 0.378. The molecule has 0 aliphatic carbocycles. The predicted molar refractivity (Wildman–Crippen MR) is 113 cm³/mol. The molecule has 0 radical (unpaired) electrons. The summed E-state index contributed by atoms with van der Waals surface area (Å²) in [5.74, 6) is 1.83. The van der Waals surface area contributed by atoms with Crippen molar-refractivity contribution in [3.05, 3.63) is 82.9 Å². The van der Waals surface area contributed by atoms with E-state index in [4.69, 9.17) is 4.98 Å². The molecule has 2 heterocycles. The van der Waals surface area contributed by atoms with E-state index in [1.165, 1.54) is 39.0 Å². The van der Waals surface area contributed by atoms with Gasteiger partial charge in [-0.05, 0) is 53.3 Å². The van der Waals surface area contributed by atoms with E-state index in [1.54, 1.807) is 0 Å². The van der Waals surface area contributed by atoms with Gasteiger partial charge in [-0.2, -0.15) is 0 Å². The number of aromatic nitrogens is 2. The number of nitrogens with zero attached hydrogens (tertiary/aromatic N) is 2. The Morgan fingerprint density at radius 3 is 2.59 bits per heavy atom. The summed E-state index contributed by atoms with van der Waals surface area (Å²) < 4.78 is 2.40. The molecule has 1 unspecified atom stereocenters. The molecule has 134 valence electrons. The van der Waals surface area contributed by atoms with Crippen LogP contribution in [0.2, 0.25) is 0 Å². The number of imidazole rings is 1. The Hall–Kier alpha value is -2.87. The molecular weight excluding hydrogens is 328 g/mol. The molecule has 27 heavy (non-hydrogen) atoms. The second-order valence-corrected chi connectivity index (χ2v) is 8.05. The summed E-state index contributed by atoms with van der Waals surface area (Å²) in [4.78, 5) is 5.08. The zero-order valence-electron chi connectivity index (χ0n) is 16.3. The first kappa shape index (κ1) is 16.3. The van der Waals surface area contributed by atoms with Crippen LogP contribution in [0.1, 0.15) is 54.9 Å². The second kappa shape index (κ2) is 5.82. The molecule has 4 aromatic rings. The lowest BCUT2D eigenvalue weighted by molar-refractivity contribution is 0.824. The minimum Gasteiger partial charge on any atom is -0.292 e. The Balaban J connectivity index is 2.00. The molecule has 1 atom stereocenters. The Kier molecular flexibility index (Phi) is 3.51. The van der Waals surface area contributed by atoms with Crippen molar-refractivity contribution < 1.29 is 0 Å². The molecule has 2 heteroatoms. The highest BCUT2D eigenvalue weighted by atomic mass is 15.1. The molecule has 3 aromatic carbocycles. The van der Waals surface area contributed by atoms with E-state index in [-0.39, 0.29) is 0 Å². The fourth-order valence-electron chi connectivity index (χ4n) is 4.39. The summed E-state index contributed by atoms with van der Waals surface area (Å²) in [6.07, 6.45) is 0. The molecule has 1 aliphatic heterocycles. The summed E-state index contributed by atoms with van der Waals surface area (Å²) >= 11 is 0. The summed E-state index contributed by atoms with van der Waals surface area (Å²) in [6.45, 7) is 9.01. The van der Waals surface area contributed by atoms with Gasteiger partial charge in [-0.1, -0.05) is 63.2 Å². The molecule has 0 amide bonds. The normalized spacial score (nSPS) is 15.4. The van der Waals surface area contributed by atoms with Crippen molar-refractivity contribution in [1.29, 1.82) is 0 Å². The Morgan fingerprint density at radius 2 is 1.78 bits per heavy atom. The van der Waals surface area contributed by atoms with Crippen molar-refractivity contribution in [2.45, 2.75) is 39.5 Å². The van der Waals surface area contributed by atoms with Gasteiger partial charge >= 0.3 is 0 Å². The molecule has 2 nitrogen and oxygen atoms in total. The van der Waals surface area contributed by atoms with E-state index in [0.717, 1.165) is 11.3 Å². The number of para-hydroxylation sites is 1. The van der Waals surface area contributed by atoms with Crippen LogP contribution in [0.25, 0.3) is 28.1 Å². The number of benzene rings is 3. The van der Waals surface area contributed by atoms with Gasteiger partial charge in [0.15, 0.2) is 0 Å².